The number of carbonyl (C=O) groups excluding carboxylic acids is 1. The molecule has 0 bridgehead atoms. The molecule has 3 heterocycles. The molecule has 0 radical (unpaired) electrons. The van der Waals surface area contributed by atoms with Gasteiger partial charge < -0.3 is 20.1 Å². The van der Waals surface area contributed by atoms with E-state index >= 15 is 0 Å². The van der Waals surface area contributed by atoms with Gasteiger partial charge in [0.2, 0.25) is 5.88 Å². The van der Waals surface area contributed by atoms with E-state index in [1.807, 2.05) is 31.4 Å². The molecule has 9 nitrogen and oxygen atoms in total. The second-order valence-electron chi connectivity index (χ2n) is 8.14. The van der Waals surface area contributed by atoms with Crippen molar-refractivity contribution in [1.82, 2.24) is 30.0 Å². The first-order valence-corrected chi connectivity index (χ1v) is 11.1. The molecular weight excluding hydrogens is 444 g/mol. The van der Waals surface area contributed by atoms with Crippen molar-refractivity contribution in [3.8, 4) is 34.1 Å². The van der Waals surface area contributed by atoms with E-state index in [9.17, 15) is 9.90 Å². The van der Waals surface area contributed by atoms with Gasteiger partial charge in [0.15, 0.2) is 0 Å². The SMILES string of the molecule is COc1ncccc1-c1ccc(O)c(-c2nc3ccc(C(=O)NCCc4cnn(C)c4)cc3[nH]2)c1. The largest absolute Gasteiger partial charge is 0.507 e. The Hall–Kier alpha value is -4.66. The van der Waals surface area contributed by atoms with Crippen LogP contribution in [0, 0.1) is 0 Å². The molecule has 2 aromatic carbocycles. The Bertz CT molecular complexity index is 1520. The number of rotatable bonds is 7. The van der Waals surface area contributed by atoms with Crippen molar-refractivity contribution in [2.75, 3.05) is 13.7 Å². The number of fused-ring (bicyclic) bond motifs is 1. The Kier molecular flexibility index (Phi) is 5.88. The van der Waals surface area contributed by atoms with Gasteiger partial charge in [-0.15, -0.1) is 0 Å². The van der Waals surface area contributed by atoms with Crippen LogP contribution in [-0.4, -0.2) is 49.4 Å². The summed E-state index contributed by atoms with van der Waals surface area (Å²) in [5, 5.41) is 17.6. The Balaban J connectivity index is 1.38. The Morgan fingerprint density at radius 1 is 1.17 bits per heavy atom. The highest BCUT2D eigenvalue weighted by atomic mass is 16.5. The van der Waals surface area contributed by atoms with Crippen LogP contribution in [-0.2, 0) is 13.5 Å². The van der Waals surface area contributed by atoms with Gasteiger partial charge in [-0.3, -0.25) is 9.48 Å². The highest BCUT2D eigenvalue weighted by Gasteiger charge is 2.15. The molecule has 0 aliphatic heterocycles. The summed E-state index contributed by atoms with van der Waals surface area (Å²) < 4.78 is 7.11. The maximum Gasteiger partial charge on any atom is 0.251 e. The smallest absolute Gasteiger partial charge is 0.251 e. The van der Waals surface area contributed by atoms with Crippen LogP contribution in [0.4, 0.5) is 0 Å². The van der Waals surface area contributed by atoms with Crippen LogP contribution >= 0.6 is 0 Å². The molecule has 0 unspecified atom stereocenters. The number of aryl methyl sites for hydroxylation is 1. The van der Waals surface area contributed by atoms with Crippen LogP contribution in [0.5, 0.6) is 11.6 Å². The first-order chi connectivity index (χ1) is 17.0. The summed E-state index contributed by atoms with van der Waals surface area (Å²) in [7, 11) is 3.43. The second-order valence-corrected chi connectivity index (χ2v) is 8.14. The zero-order chi connectivity index (χ0) is 24.4. The maximum absolute atomic E-state index is 12.7. The molecule has 9 heteroatoms. The third kappa shape index (κ3) is 4.56. The van der Waals surface area contributed by atoms with Crippen molar-refractivity contribution in [1.29, 1.82) is 0 Å². The van der Waals surface area contributed by atoms with Gasteiger partial charge in [-0.05, 0) is 60.0 Å². The van der Waals surface area contributed by atoms with E-state index < -0.39 is 0 Å². The number of aromatic hydroxyl groups is 1. The monoisotopic (exact) mass is 468 g/mol. The Morgan fingerprint density at radius 3 is 2.86 bits per heavy atom. The first-order valence-electron chi connectivity index (χ1n) is 11.1. The lowest BCUT2D eigenvalue weighted by Crippen LogP contribution is -2.25. The highest BCUT2D eigenvalue weighted by Crippen LogP contribution is 2.35. The van der Waals surface area contributed by atoms with Gasteiger partial charge in [-0.2, -0.15) is 5.10 Å². The van der Waals surface area contributed by atoms with E-state index in [2.05, 4.69) is 25.4 Å². The fourth-order valence-electron chi connectivity index (χ4n) is 3.97. The summed E-state index contributed by atoms with van der Waals surface area (Å²) in [6.45, 7) is 0.509. The fourth-order valence-corrected chi connectivity index (χ4v) is 3.97. The summed E-state index contributed by atoms with van der Waals surface area (Å²) in [5.74, 6) is 0.911. The minimum Gasteiger partial charge on any atom is -0.507 e. The van der Waals surface area contributed by atoms with Crippen LogP contribution in [0.3, 0.4) is 0 Å². The van der Waals surface area contributed by atoms with E-state index in [0.717, 1.165) is 16.7 Å². The molecule has 3 aromatic heterocycles. The van der Waals surface area contributed by atoms with Gasteiger partial charge in [0, 0.05) is 37.1 Å². The lowest BCUT2D eigenvalue weighted by atomic mass is 10.0. The number of hydrogen-bond acceptors (Lipinski definition) is 6. The number of imidazole rings is 1. The fraction of sp³-hybridized carbons (Fsp3) is 0.154. The van der Waals surface area contributed by atoms with Crippen molar-refractivity contribution in [2.45, 2.75) is 6.42 Å². The number of aromatic amines is 1. The first kappa shape index (κ1) is 22.1. The number of phenolic OH excluding ortho intramolecular Hbond substituents is 1. The number of methoxy groups -OCH3 is 1. The molecule has 1 amide bonds. The summed E-state index contributed by atoms with van der Waals surface area (Å²) in [6.07, 6.45) is 6.08. The lowest BCUT2D eigenvalue weighted by molar-refractivity contribution is 0.0954. The van der Waals surface area contributed by atoms with Gasteiger partial charge in [0.25, 0.3) is 5.91 Å². The molecule has 0 fully saturated rings. The summed E-state index contributed by atoms with van der Waals surface area (Å²) in [4.78, 5) is 24.8. The quantitative estimate of drug-likeness (QED) is 0.335. The summed E-state index contributed by atoms with van der Waals surface area (Å²) in [6, 6.07) is 14.3. The van der Waals surface area contributed by atoms with Crippen molar-refractivity contribution >= 4 is 16.9 Å². The Labute approximate surface area is 201 Å². The van der Waals surface area contributed by atoms with Crippen molar-refractivity contribution in [3.63, 3.8) is 0 Å². The van der Waals surface area contributed by atoms with Crippen LogP contribution < -0.4 is 10.1 Å². The van der Waals surface area contributed by atoms with E-state index in [1.54, 1.807) is 54.5 Å². The molecule has 35 heavy (non-hydrogen) atoms. The molecule has 0 saturated heterocycles. The molecular formula is C26H24N6O3. The average molecular weight is 469 g/mol. The number of nitrogens with one attached hydrogen (secondary N) is 2. The molecule has 0 atom stereocenters. The third-order valence-electron chi connectivity index (χ3n) is 5.73. The van der Waals surface area contributed by atoms with Crippen LogP contribution in [0.15, 0.2) is 67.1 Å². The zero-order valence-electron chi connectivity index (χ0n) is 19.3. The van der Waals surface area contributed by atoms with Crippen LogP contribution in [0.2, 0.25) is 0 Å². The number of H-pyrrole nitrogens is 1. The lowest BCUT2D eigenvalue weighted by Gasteiger charge is -2.09. The zero-order valence-corrected chi connectivity index (χ0v) is 19.3. The average Bonchev–Trinajstić information content (AvgIpc) is 3.49. The number of hydrogen-bond donors (Lipinski definition) is 3. The predicted molar refractivity (Wildman–Crippen MR) is 132 cm³/mol. The van der Waals surface area contributed by atoms with E-state index in [-0.39, 0.29) is 11.7 Å². The molecule has 5 rings (SSSR count). The van der Waals surface area contributed by atoms with Gasteiger partial charge in [-0.25, -0.2) is 9.97 Å². The number of phenols is 1. The topological polar surface area (TPSA) is 118 Å². The molecule has 176 valence electrons. The van der Waals surface area contributed by atoms with E-state index in [0.29, 0.717) is 46.8 Å². The standard InChI is InChI=1S/C26H24N6O3/c1-32-15-16(14-29-32)9-11-27-25(34)18-5-7-21-22(13-18)31-24(30-21)20-12-17(6-8-23(20)33)19-4-3-10-28-26(19)35-2/h3-8,10,12-15,33H,9,11H2,1-2H3,(H,27,34)(H,30,31). The van der Waals surface area contributed by atoms with E-state index in [4.69, 9.17) is 4.74 Å². The van der Waals surface area contributed by atoms with Gasteiger partial charge in [0.1, 0.15) is 11.6 Å². The van der Waals surface area contributed by atoms with Crippen molar-refractivity contribution in [2.24, 2.45) is 7.05 Å². The Morgan fingerprint density at radius 2 is 2.06 bits per heavy atom. The number of pyridine rings is 1. The molecule has 0 spiro atoms. The van der Waals surface area contributed by atoms with Crippen molar-refractivity contribution in [3.05, 3.63) is 78.2 Å². The van der Waals surface area contributed by atoms with Gasteiger partial charge in [0.05, 0.1) is 29.9 Å². The molecule has 3 N–H and O–H groups in total. The summed E-state index contributed by atoms with van der Waals surface area (Å²) >= 11 is 0. The molecule has 5 aromatic rings. The minimum atomic E-state index is -0.166. The highest BCUT2D eigenvalue weighted by molar-refractivity contribution is 5.97. The number of amides is 1. The van der Waals surface area contributed by atoms with Crippen LogP contribution in [0.1, 0.15) is 15.9 Å². The normalized spacial score (nSPS) is 11.0. The number of carbonyl (C=O) groups is 1. The number of ether oxygens (including phenoxy) is 1. The second kappa shape index (κ2) is 9.30. The van der Waals surface area contributed by atoms with E-state index in [1.165, 1.54) is 0 Å². The van der Waals surface area contributed by atoms with Crippen molar-refractivity contribution < 1.29 is 14.6 Å². The number of nitrogens with zero attached hydrogens (tertiary/aromatic N) is 4. The molecule has 0 aliphatic carbocycles. The van der Waals surface area contributed by atoms with Crippen LogP contribution in [0.25, 0.3) is 33.5 Å². The van der Waals surface area contributed by atoms with Gasteiger partial charge in [-0.1, -0.05) is 6.07 Å². The third-order valence-corrected chi connectivity index (χ3v) is 5.73. The maximum atomic E-state index is 12.7. The minimum absolute atomic E-state index is 0.0871. The molecule has 0 aliphatic rings. The number of aromatic nitrogens is 5. The molecule has 0 saturated carbocycles. The summed E-state index contributed by atoms with van der Waals surface area (Å²) in [5.41, 5.74) is 5.14. The van der Waals surface area contributed by atoms with Gasteiger partial charge >= 0.3 is 0 Å². The predicted octanol–water partition coefficient (Wildman–Crippen LogP) is 3.71. The number of benzene rings is 2.